The van der Waals surface area contributed by atoms with E-state index >= 15 is 0 Å². The van der Waals surface area contributed by atoms with Crippen LogP contribution in [0.5, 0.6) is 0 Å². The minimum absolute atomic E-state index is 0.00152. The number of pyridine rings is 1. The molecule has 1 aromatic heterocycles. The van der Waals surface area contributed by atoms with Crippen LogP contribution in [0, 0.1) is 25.2 Å². The van der Waals surface area contributed by atoms with Gasteiger partial charge in [0, 0.05) is 50.8 Å². The van der Waals surface area contributed by atoms with E-state index < -0.39 is 0 Å². The molecule has 1 amide bonds. The largest absolute Gasteiger partial charge is 0.352 e. The lowest BCUT2D eigenvalue weighted by Crippen LogP contribution is -2.49. The Morgan fingerprint density at radius 2 is 1.82 bits per heavy atom. The van der Waals surface area contributed by atoms with Crippen LogP contribution in [0.3, 0.4) is 0 Å². The second kappa shape index (κ2) is 8.66. The molecule has 0 unspecified atom stereocenters. The molecule has 1 saturated heterocycles. The molecule has 0 atom stereocenters. The van der Waals surface area contributed by atoms with Gasteiger partial charge in [-0.1, -0.05) is 12.1 Å². The predicted molar refractivity (Wildman–Crippen MR) is 107 cm³/mol. The van der Waals surface area contributed by atoms with Crippen molar-refractivity contribution in [3.05, 3.63) is 58.8 Å². The summed E-state index contributed by atoms with van der Waals surface area (Å²) in [5.74, 6) is 0.669. The number of nitrogens with zero attached hydrogens (tertiary/aromatic N) is 4. The average molecular weight is 376 g/mol. The van der Waals surface area contributed by atoms with E-state index in [2.05, 4.69) is 11.1 Å². The van der Waals surface area contributed by atoms with Gasteiger partial charge in [-0.2, -0.15) is 5.26 Å². The van der Waals surface area contributed by atoms with E-state index in [0.717, 1.165) is 11.1 Å². The number of Topliss-reactive ketones (excluding diaryl/α,β-unsaturated/α-hetero) is 1. The first kappa shape index (κ1) is 19.6. The summed E-state index contributed by atoms with van der Waals surface area (Å²) < 4.78 is 0. The highest BCUT2D eigenvalue weighted by Gasteiger charge is 2.23. The lowest BCUT2D eigenvalue weighted by atomic mass is 10.0. The van der Waals surface area contributed by atoms with Gasteiger partial charge in [-0.3, -0.25) is 9.59 Å². The summed E-state index contributed by atoms with van der Waals surface area (Å²) in [6.45, 7) is 6.38. The lowest BCUT2D eigenvalue weighted by molar-refractivity contribution is -0.131. The molecule has 3 rings (SSSR count). The van der Waals surface area contributed by atoms with Gasteiger partial charge in [0.25, 0.3) is 0 Å². The van der Waals surface area contributed by atoms with Crippen LogP contribution < -0.4 is 4.90 Å². The van der Waals surface area contributed by atoms with Gasteiger partial charge >= 0.3 is 0 Å². The number of nitriles is 1. The molecular formula is C22H24N4O2. The quantitative estimate of drug-likeness (QED) is 0.750. The SMILES string of the molecule is Cc1ccc(C(=O)CCC(=O)N2CCN(c3ncccc3C#N)CC2)cc1C. The molecule has 2 heterocycles. The molecule has 0 aliphatic carbocycles. The van der Waals surface area contributed by atoms with Crippen LogP contribution in [0.2, 0.25) is 0 Å². The van der Waals surface area contributed by atoms with Crippen LogP contribution in [0.25, 0.3) is 0 Å². The summed E-state index contributed by atoms with van der Waals surface area (Å²) in [6.07, 6.45) is 2.12. The maximum atomic E-state index is 12.5. The number of benzene rings is 1. The number of hydrogen-bond donors (Lipinski definition) is 0. The summed E-state index contributed by atoms with van der Waals surface area (Å²) >= 11 is 0. The Hall–Kier alpha value is -3.20. The number of rotatable bonds is 5. The van der Waals surface area contributed by atoms with Gasteiger partial charge in [0.15, 0.2) is 5.78 Å². The van der Waals surface area contributed by atoms with E-state index in [1.165, 1.54) is 0 Å². The first-order valence-electron chi connectivity index (χ1n) is 9.48. The van der Waals surface area contributed by atoms with Gasteiger partial charge in [0.1, 0.15) is 11.9 Å². The van der Waals surface area contributed by atoms with Crippen molar-refractivity contribution in [1.29, 1.82) is 5.26 Å². The van der Waals surface area contributed by atoms with Crippen molar-refractivity contribution in [2.45, 2.75) is 26.7 Å². The fraction of sp³-hybridized carbons (Fsp3) is 0.364. The molecule has 1 aromatic carbocycles. The monoisotopic (exact) mass is 376 g/mol. The maximum absolute atomic E-state index is 12.5. The summed E-state index contributed by atoms with van der Waals surface area (Å²) in [4.78, 5) is 33.0. The van der Waals surface area contributed by atoms with Crippen LogP contribution in [0.1, 0.15) is 39.9 Å². The molecule has 0 saturated carbocycles. The van der Waals surface area contributed by atoms with Crippen molar-refractivity contribution < 1.29 is 9.59 Å². The van der Waals surface area contributed by atoms with Gasteiger partial charge in [-0.25, -0.2) is 4.98 Å². The van der Waals surface area contributed by atoms with E-state index in [-0.39, 0.29) is 24.5 Å². The van der Waals surface area contributed by atoms with Crippen molar-refractivity contribution in [2.24, 2.45) is 0 Å². The zero-order valence-electron chi connectivity index (χ0n) is 16.3. The number of anilines is 1. The second-order valence-corrected chi connectivity index (χ2v) is 7.08. The Morgan fingerprint density at radius 1 is 1.07 bits per heavy atom. The Balaban J connectivity index is 1.52. The first-order chi connectivity index (χ1) is 13.5. The highest BCUT2D eigenvalue weighted by atomic mass is 16.2. The Labute approximate surface area is 165 Å². The van der Waals surface area contributed by atoms with E-state index in [1.807, 2.05) is 36.9 Å². The molecule has 0 N–H and O–H groups in total. The third-order valence-electron chi connectivity index (χ3n) is 5.23. The van der Waals surface area contributed by atoms with Crippen LogP contribution in [0.15, 0.2) is 36.5 Å². The Bertz CT molecular complexity index is 924. The molecule has 28 heavy (non-hydrogen) atoms. The average Bonchev–Trinajstić information content (AvgIpc) is 2.73. The molecule has 6 nitrogen and oxygen atoms in total. The molecule has 144 valence electrons. The first-order valence-corrected chi connectivity index (χ1v) is 9.48. The number of amides is 1. The van der Waals surface area contributed by atoms with Crippen LogP contribution >= 0.6 is 0 Å². The lowest BCUT2D eigenvalue weighted by Gasteiger charge is -2.35. The number of ketones is 1. The van der Waals surface area contributed by atoms with Crippen LogP contribution in [-0.4, -0.2) is 47.8 Å². The number of aromatic nitrogens is 1. The molecule has 6 heteroatoms. The minimum Gasteiger partial charge on any atom is -0.352 e. The van der Waals surface area contributed by atoms with Crippen molar-refractivity contribution in [1.82, 2.24) is 9.88 Å². The van der Waals surface area contributed by atoms with E-state index in [0.29, 0.717) is 43.1 Å². The normalized spacial score (nSPS) is 13.9. The third-order valence-corrected chi connectivity index (χ3v) is 5.23. The maximum Gasteiger partial charge on any atom is 0.223 e. The van der Waals surface area contributed by atoms with Gasteiger partial charge < -0.3 is 9.80 Å². The number of aryl methyl sites for hydroxylation is 2. The Morgan fingerprint density at radius 3 is 2.50 bits per heavy atom. The number of piperazine rings is 1. The summed E-state index contributed by atoms with van der Waals surface area (Å²) in [7, 11) is 0. The third kappa shape index (κ3) is 4.37. The van der Waals surface area contributed by atoms with Crippen molar-refractivity contribution in [3.8, 4) is 6.07 Å². The topological polar surface area (TPSA) is 77.3 Å². The fourth-order valence-corrected chi connectivity index (χ4v) is 3.34. The van der Waals surface area contributed by atoms with E-state index in [1.54, 1.807) is 23.2 Å². The minimum atomic E-state index is -0.00152. The van der Waals surface area contributed by atoms with Gasteiger partial charge in [0.05, 0.1) is 5.56 Å². The second-order valence-electron chi connectivity index (χ2n) is 7.08. The fourth-order valence-electron chi connectivity index (χ4n) is 3.34. The predicted octanol–water partition coefficient (Wildman–Crippen LogP) is 2.88. The van der Waals surface area contributed by atoms with Crippen molar-refractivity contribution in [2.75, 3.05) is 31.1 Å². The van der Waals surface area contributed by atoms with E-state index in [9.17, 15) is 14.9 Å². The number of hydrogen-bond acceptors (Lipinski definition) is 5. The summed E-state index contributed by atoms with van der Waals surface area (Å²) in [6, 6.07) is 11.3. The van der Waals surface area contributed by atoms with Gasteiger partial charge in [0.2, 0.25) is 5.91 Å². The molecule has 0 spiro atoms. The van der Waals surface area contributed by atoms with Crippen molar-refractivity contribution in [3.63, 3.8) is 0 Å². The molecule has 1 aliphatic rings. The Kier molecular flexibility index (Phi) is 6.05. The highest BCUT2D eigenvalue weighted by Crippen LogP contribution is 2.19. The molecule has 0 bridgehead atoms. The summed E-state index contributed by atoms with van der Waals surface area (Å²) in [5, 5.41) is 9.22. The molecule has 2 aromatic rings. The highest BCUT2D eigenvalue weighted by molar-refractivity contribution is 5.98. The zero-order chi connectivity index (χ0) is 20.1. The van der Waals surface area contributed by atoms with Crippen LogP contribution in [-0.2, 0) is 4.79 Å². The number of carbonyl (C=O) groups excluding carboxylic acids is 2. The number of carbonyl (C=O) groups is 2. The standard InChI is InChI=1S/C22H24N4O2/c1-16-5-6-18(14-17(16)2)20(27)7-8-21(28)25-10-12-26(13-11-25)22-19(15-23)4-3-9-24-22/h3-6,9,14H,7-8,10-13H2,1-2H3. The molecule has 1 aliphatic heterocycles. The van der Waals surface area contributed by atoms with E-state index in [4.69, 9.17) is 0 Å². The van der Waals surface area contributed by atoms with Crippen molar-refractivity contribution >= 4 is 17.5 Å². The molecule has 1 fully saturated rings. The smallest absolute Gasteiger partial charge is 0.223 e. The molecule has 0 radical (unpaired) electrons. The molecular weight excluding hydrogens is 352 g/mol. The zero-order valence-corrected chi connectivity index (χ0v) is 16.3. The summed E-state index contributed by atoms with van der Waals surface area (Å²) in [5.41, 5.74) is 3.44. The van der Waals surface area contributed by atoms with Gasteiger partial charge in [-0.15, -0.1) is 0 Å². The van der Waals surface area contributed by atoms with Crippen LogP contribution in [0.4, 0.5) is 5.82 Å². The van der Waals surface area contributed by atoms with Gasteiger partial charge in [-0.05, 0) is 43.2 Å².